The number of halogens is 2. The molecule has 0 aliphatic carbocycles. The van der Waals surface area contributed by atoms with Gasteiger partial charge in [0.1, 0.15) is 17.4 Å². The van der Waals surface area contributed by atoms with Gasteiger partial charge in [0.05, 0.1) is 7.11 Å². The third kappa shape index (κ3) is 3.31. The minimum Gasteiger partial charge on any atom is -0.497 e. The van der Waals surface area contributed by atoms with Crippen molar-refractivity contribution in [2.75, 3.05) is 12.0 Å². The van der Waals surface area contributed by atoms with Crippen LogP contribution in [0.3, 0.4) is 0 Å². The molecule has 0 fully saturated rings. The van der Waals surface area contributed by atoms with Gasteiger partial charge in [0.15, 0.2) is 0 Å². The highest BCUT2D eigenvalue weighted by Gasteiger charge is 2.12. The number of nitrogens with zero attached hydrogens (tertiary/aromatic N) is 1. The van der Waals surface area contributed by atoms with E-state index in [1.54, 1.807) is 31.4 Å². The number of benzene rings is 3. The van der Waals surface area contributed by atoms with Gasteiger partial charge in [0, 0.05) is 17.1 Å². The Hall–Kier alpha value is -2.88. The number of ether oxygens (including phenoxy) is 1. The van der Waals surface area contributed by atoms with Gasteiger partial charge in [0.2, 0.25) is 0 Å². The average molecular weight is 311 g/mol. The zero-order valence-corrected chi connectivity index (χ0v) is 12.5. The molecule has 0 bridgehead atoms. The van der Waals surface area contributed by atoms with Crippen LogP contribution in [0.1, 0.15) is 0 Å². The zero-order chi connectivity index (χ0) is 16.2. The van der Waals surface area contributed by atoms with Crippen molar-refractivity contribution < 1.29 is 13.5 Å². The summed E-state index contributed by atoms with van der Waals surface area (Å²) in [5.41, 5.74) is 2.43. The summed E-state index contributed by atoms with van der Waals surface area (Å²) >= 11 is 0. The van der Waals surface area contributed by atoms with Crippen LogP contribution in [-0.4, -0.2) is 7.11 Å². The first kappa shape index (κ1) is 15.0. The number of hydrogen-bond donors (Lipinski definition) is 0. The van der Waals surface area contributed by atoms with Gasteiger partial charge in [-0.2, -0.15) is 0 Å². The van der Waals surface area contributed by atoms with E-state index in [0.29, 0.717) is 0 Å². The van der Waals surface area contributed by atoms with Gasteiger partial charge >= 0.3 is 0 Å². The molecule has 0 unspecified atom stereocenters. The maximum atomic E-state index is 13.2. The Balaban J connectivity index is 2.08. The number of methoxy groups -OCH3 is 1. The molecular weight excluding hydrogens is 296 g/mol. The Morgan fingerprint density at radius 3 is 1.30 bits per heavy atom. The van der Waals surface area contributed by atoms with E-state index in [4.69, 9.17) is 4.74 Å². The van der Waals surface area contributed by atoms with Crippen LogP contribution >= 0.6 is 0 Å². The van der Waals surface area contributed by atoms with Crippen LogP contribution in [-0.2, 0) is 0 Å². The van der Waals surface area contributed by atoms with Crippen LogP contribution in [0.5, 0.6) is 5.75 Å². The summed E-state index contributed by atoms with van der Waals surface area (Å²) in [7, 11) is 1.60. The number of rotatable bonds is 4. The van der Waals surface area contributed by atoms with Crippen molar-refractivity contribution in [3.63, 3.8) is 0 Å². The molecule has 0 radical (unpaired) electrons. The zero-order valence-electron chi connectivity index (χ0n) is 12.5. The molecule has 0 atom stereocenters. The summed E-state index contributed by atoms with van der Waals surface area (Å²) in [5.74, 6) is 0.136. The van der Waals surface area contributed by atoms with Crippen LogP contribution < -0.4 is 9.64 Å². The van der Waals surface area contributed by atoms with E-state index >= 15 is 0 Å². The van der Waals surface area contributed by atoms with Gasteiger partial charge in [-0.15, -0.1) is 0 Å². The minimum atomic E-state index is -0.303. The fourth-order valence-electron chi connectivity index (χ4n) is 2.36. The highest BCUT2D eigenvalue weighted by atomic mass is 19.1. The smallest absolute Gasteiger partial charge is 0.123 e. The van der Waals surface area contributed by atoms with Crippen LogP contribution in [0.2, 0.25) is 0 Å². The van der Waals surface area contributed by atoms with Crippen molar-refractivity contribution in [1.82, 2.24) is 0 Å². The van der Waals surface area contributed by atoms with Crippen LogP contribution in [0.4, 0.5) is 25.8 Å². The SMILES string of the molecule is COc1ccc(N(c2ccc(F)cc2)c2ccc(F)cc2)cc1. The normalized spacial score (nSPS) is 10.4. The Bertz CT molecular complexity index is 722. The van der Waals surface area contributed by atoms with Crippen molar-refractivity contribution in [3.05, 3.63) is 84.4 Å². The van der Waals surface area contributed by atoms with Crippen molar-refractivity contribution in [3.8, 4) is 5.75 Å². The first-order valence-corrected chi connectivity index (χ1v) is 7.13. The molecule has 0 spiro atoms. The third-order valence-corrected chi connectivity index (χ3v) is 3.50. The molecule has 3 aromatic rings. The summed E-state index contributed by atoms with van der Waals surface area (Å²) in [6, 6.07) is 19.8. The summed E-state index contributed by atoms with van der Waals surface area (Å²) in [6.45, 7) is 0. The highest BCUT2D eigenvalue weighted by Crippen LogP contribution is 2.35. The lowest BCUT2D eigenvalue weighted by atomic mass is 10.2. The van der Waals surface area contributed by atoms with E-state index in [2.05, 4.69) is 0 Å². The van der Waals surface area contributed by atoms with Crippen LogP contribution in [0.25, 0.3) is 0 Å². The Labute approximate surface area is 133 Å². The standard InChI is InChI=1S/C19H15F2NO/c1-23-19-12-10-18(11-13-19)22(16-6-2-14(20)3-7-16)17-8-4-15(21)5-9-17/h2-13H,1H3. The van der Waals surface area contributed by atoms with Crippen molar-refractivity contribution >= 4 is 17.1 Å². The van der Waals surface area contributed by atoms with Gasteiger partial charge in [-0.3, -0.25) is 0 Å². The van der Waals surface area contributed by atoms with E-state index in [9.17, 15) is 8.78 Å². The predicted octanol–water partition coefficient (Wildman–Crippen LogP) is 5.44. The van der Waals surface area contributed by atoms with E-state index in [1.165, 1.54) is 24.3 Å². The topological polar surface area (TPSA) is 12.5 Å². The second-order valence-electron chi connectivity index (χ2n) is 4.99. The minimum absolute atomic E-state index is 0.303. The average Bonchev–Trinajstić information content (AvgIpc) is 2.59. The van der Waals surface area contributed by atoms with Gasteiger partial charge < -0.3 is 9.64 Å². The van der Waals surface area contributed by atoms with E-state index in [1.807, 2.05) is 29.2 Å². The quantitative estimate of drug-likeness (QED) is 0.636. The molecule has 2 nitrogen and oxygen atoms in total. The van der Waals surface area contributed by atoms with Crippen LogP contribution in [0.15, 0.2) is 72.8 Å². The molecular formula is C19H15F2NO. The van der Waals surface area contributed by atoms with E-state index < -0.39 is 0 Å². The first-order valence-electron chi connectivity index (χ1n) is 7.13. The van der Waals surface area contributed by atoms with Crippen LogP contribution in [0, 0.1) is 11.6 Å². The molecule has 116 valence electrons. The second-order valence-corrected chi connectivity index (χ2v) is 4.99. The Morgan fingerprint density at radius 1 is 0.609 bits per heavy atom. The van der Waals surface area contributed by atoms with Gasteiger partial charge in [-0.1, -0.05) is 0 Å². The van der Waals surface area contributed by atoms with Crippen molar-refractivity contribution in [2.24, 2.45) is 0 Å². The van der Waals surface area contributed by atoms with Gasteiger partial charge in [0.25, 0.3) is 0 Å². The third-order valence-electron chi connectivity index (χ3n) is 3.50. The molecule has 23 heavy (non-hydrogen) atoms. The first-order chi connectivity index (χ1) is 11.2. The molecule has 0 aromatic heterocycles. The summed E-state index contributed by atoms with van der Waals surface area (Å²) in [6.07, 6.45) is 0. The molecule has 4 heteroatoms. The lowest BCUT2D eigenvalue weighted by Gasteiger charge is -2.25. The lowest BCUT2D eigenvalue weighted by molar-refractivity contribution is 0.415. The summed E-state index contributed by atoms with van der Waals surface area (Å²) < 4.78 is 31.6. The maximum absolute atomic E-state index is 13.2. The number of hydrogen-bond acceptors (Lipinski definition) is 2. The molecule has 0 N–H and O–H groups in total. The second kappa shape index (κ2) is 6.48. The summed E-state index contributed by atoms with van der Waals surface area (Å²) in [5, 5.41) is 0. The van der Waals surface area contributed by atoms with Crippen molar-refractivity contribution in [2.45, 2.75) is 0 Å². The lowest BCUT2D eigenvalue weighted by Crippen LogP contribution is -2.09. The monoisotopic (exact) mass is 311 g/mol. The molecule has 0 heterocycles. The Kier molecular flexibility index (Phi) is 4.24. The van der Waals surface area contributed by atoms with Crippen molar-refractivity contribution in [1.29, 1.82) is 0 Å². The molecule has 0 amide bonds. The molecule has 3 rings (SSSR count). The molecule has 0 saturated carbocycles. The molecule has 0 aliphatic rings. The highest BCUT2D eigenvalue weighted by molar-refractivity contribution is 5.76. The van der Waals surface area contributed by atoms with E-state index in [-0.39, 0.29) is 11.6 Å². The van der Waals surface area contributed by atoms with Gasteiger partial charge in [-0.25, -0.2) is 8.78 Å². The largest absolute Gasteiger partial charge is 0.497 e. The summed E-state index contributed by atoms with van der Waals surface area (Å²) in [4.78, 5) is 1.92. The maximum Gasteiger partial charge on any atom is 0.123 e. The molecule has 0 saturated heterocycles. The Morgan fingerprint density at radius 2 is 0.957 bits per heavy atom. The number of anilines is 3. The van der Waals surface area contributed by atoms with E-state index in [0.717, 1.165) is 22.8 Å². The predicted molar refractivity (Wildman–Crippen MR) is 87.6 cm³/mol. The fraction of sp³-hybridized carbons (Fsp3) is 0.0526. The molecule has 3 aromatic carbocycles. The molecule has 0 aliphatic heterocycles. The fourth-order valence-corrected chi connectivity index (χ4v) is 2.36. The van der Waals surface area contributed by atoms with Gasteiger partial charge in [-0.05, 0) is 72.8 Å².